The summed E-state index contributed by atoms with van der Waals surface area (Å²) in [5.41, 5.74) is -1.29. The van der Waals surface area contributed by atoms with Crippen molar-refractivity contribution in [1.29, 1.82) is 0 Å². The van der Waals surface area contributed by atoms with E-state index < -0.39 is 78.6 Å². The second-order valence-electron chi connectivity index (χ2n) is 9.60. The van der Waals surface area contributed by atoms with E-state index in [9.17, 15) is 44.0 Å². The molecule has 5 rings (SSSR count). The fourth-order valence-corrected chi connectivity index (χ4v) is 6.47. The fourth-order valence-electron chi connectivity index (χ4n) is 4.53. The maximum atomic E-state index is 12.3. The first kappa shape index (κ1) is 34.5. The molecule has 250 valence electrons. The highest BCUT2D eigenvalue weighted by molar-refractivity contribution is 7.86. The SMILES string of the molecule is CCN(c1ccccc1)c1nc(Cl)nc(Nc2cc(S(=O)(=O)[O-])cc3cc(S(=O)(=O)[O-])c(N=Nc4ccccc4S(=O)(=O)[O-])c(O)c23)n1. The molecule has 21 heteroatoms. The van der Waals surface area contributed by atoms with Gasteiger partial charge in [-0.3, -0.25) is 0 Å². The number of halogens is 1. The van der Waals surface area contributed by atoms with Crippen molar-refractivity contribution in [1.82, 2.24) is 15.0 Å². The third-order valence-electron chi connectivity index (χ3n) is 6.54. The van der Waals surface area contributed by atoms with Gasteiger partial charge >= 0.3 is 0 Å². The van der Waals surface area contributed by atoms with Crippen molar-refractivity contribution in [3.63, 3.8) is 0 Å². The molecule has 0 spiro atoms. The number of fused-ring (bicyclic) bond motifs is 1. The summed E-state index contributed by atoms with van der Waals surface area (Å²) in [6.07, 6.45) is 0. The number of aromatic nitrogens is 3. The summed E-state index contributed by atoms with van der Waals surface area (Å²) in [6, 6.07) is 15.4. The quantitative estimate of drug-likeness (QED) is 0.149. The van der Waals surface area contributed by atoms with Gasteiger partial charge in [-0.1, -0.05) is 30.3 Å². The number of rotatable bonds is 10. The molecule has 0 aliphatic rings. The van der Waals surface area contributed by atoms with Crippen LogP contribution in [0, 0.1) is 0 Å². The Labute approximate surface area is 277 Å². The summed E-state index contributed by atoms with van der Waals surface area (Å²) in [6.45, 7) is 2.16. The Morgan fingerprint density at radius 3 is 2.08 bits per heavy atom. The van der Waals surface area contributed by atoms with Crippen LogP contribution >= 0.6 is 11.6 Å². The monoisotopic (exact) mass is 732 g/mol. The van der Waals surface area contributed by atoms with Crippen molar-refractivity contribution >= 4 is 87.4 Å². The van der Waals surface area contributed by atoms with E-state index in [1.165, 1.54) is 12.1 Å². The molecule has 0 saturated heterocycles. The number of phenols is 1. The molecule has 0 aliphatic heterocycles. The average molecular weight is 733 g/mol. The van der Waals surface area contributed by atoms with E-state index in [-0.39, 0.29) is 17.2 Å². The molecule has 17 nitrogen and oxygen atoms in total. The molecule has 1 aromatic heterocycles. The maximum Gasteiger partial charge on any atom is 0.236 e. The van der Waals surface area contributed by atoms with Gasteiger partial charge < -0.3 is 29.0 Å². The summed E-state index contributed by atoms with van der Waals surface area (Å²) in [7, 11) is -15.8. The zero-order valence-corrected chi connectivity index (χ0v) is 27.2. The van der Waals surface area contributed by atoms with Crippen LogP contribution in [0.15, 0.2) is 97.7 Å². The topological polar surface area (TPSA) is 270 Å². The third kappa shape index (κ3) is 7.33. The van der Waals surface area contributed by atoms with Gasteiger partial charge in [0.05, 0.1) is 20.4 Å². The van der Waals surface area contributed by atoms with E-state index in [2.05, 4.69) is 30.5 Å². The van der Waals surface area contributed by atoms with Gasteiger partial charge in [0.25, 0.3) is 0 Å². The smallest absolute Gasteiger partial charge is 0.236 e. The molecular weight excluding hydrogens is 714 g/mol. The number of anilines is 4. The third-order valence-corrected chi connectivity index (χ3v) is 9.26. The molecular formula is C27H19ClN7O10S3-3. The summed E-state index contributed by atoms with van der Waals surface area (Å²) in [4.78, 5) is 11.1. The van der Waals surface area contributed by atoms with Gasteiger partial charge in [0, 0.05) is 17.6 Å². The van der Waals surface area contributed by atoms with Gasteiger partial charge in [-0.25, -0.2) is 25.3 Å². The number of nitrogens with zero attached hydrogens (tertiary/aromatic N) is 6. The molecule has 0 saturated carbocycles. The van der Waals surface area contributed by atoms with E-state index >= 15 is 0 Å². The molecule has 0 radical (unpaired) electrons. The Bertz CT molecular complexity index is 2430. The van der Waals surface area contributed by atoms with E-state index in [1.54, 1.807) is 42.2 Å². The minimum atomic E-state index is -5.51. The zero-order chi connectivity index (χ0) is 35.0. The number of benzene rings is 4. The van der Waals surface area contributed by atoms with Crippen LogP contribution in [-0.2, 0) is 30.4 Å². The molecule has 0 bridgehead atoms. The Kier molecular flexibility index (Phi) is 9.34. The number of nitrogens with one attached hydrogen (secondary N) is 1. The summed E-state index contributed by atoms with van der Waals surface area (Å²) < 4.78 is 108. The highest BCUT2D eigenvalue weighted by atomic mass is 35.5. The van der Waals surface area contributed by atoms with Gasteiger partial charge in [-0.2, -0.15) is 15.0 Å². The number of aromatic hydroxyl groups is 1. The largest absolute Gasteiger partial charge is 0.744 e. The van der Waals surface area contributed by atoms with Crippen LogP contribution in [0.1, 0.15) is 6.92 Å². The lowest BCUT2D eigenvalue weighted by Crippen LogP contribution is -2.19. The normalized spacial score (nSPS) is 12.4. The van der Waals surface area contributed by atoms with Crippen LogP contribution in [0.2, 0.25) is 5.28 Å². The van der Waals surface area contributed by atoms with E-state index in [0.717, 1.165) is 18.2 Å². The minimum Gasteiger partial charge on any atom is -0.744 e. The van der Waals surface area contributed by atoms with Crippen molar-refractivity contribution in [2.45, 2.75) is 21.6 Å². The Morgan fingerprint density at radius 1 is 0.812 bits per heavy atom. The van der Waals surface area contributed by atoms with Gasteiger partial charge in [0.15, 0.2) is 5.75 Å². The first-order valence-corrected chi connectivity index (χ1v) is 17.8. The molecule has 0 atom stereocenters. The van der Waals surface area contributed by atoms with E-state index in [0.29, 0.717) is 24.4 Å². The number of hydrogen-bond donors (Lipinski definition) is 2. The molecule has 0 aliphatic carbocycles. The maximum absolute atomic E-state index is 12.3. The number of phenolic OH excluding ortho intramolecular Hbond substituents is 1. The standard InChI is InChI=1S/C27H22ClN7O10S3/c1-2-35(16-8-4-3-5-9-16)27-31-25(28)30-26(32-27)29-19-14-17(46(37,38)39)12-15-13-21(48(43,44)45)23(24(36)22(15)19)34-33-18-10-6-7-11-20(18)47(40,41)42/h3-14,36H,2H2,1H3,(H,37,38,39)(H,40,41,42)(H,43,44,45)(H,29,30,31,32)/p-3. The van der Waals surface area contributed by atoms with Crippen molar-refractivity contribution in [3.05, 3.63) is 78.1 Å². The first-order chi connectivity index (χ1) is 22.5. The zero-order valence-electron chi connectivity index (χ0n) is 24.0. The van der Waals surface area contributed by atoms with Crippen LogP contribution in [-0.4, -0.2) is 65.5 Å². The lowest BCUT2D eigenvalue weighted by molar-refractivity contribution is 0.458. The van der Waals surface area contributed by atoms with Crippen molar-refractivity contribution in [2.75, 3.05) is 16.8 Å². The molecule has 4 aromatic carbocycles. The molecule has 0 amide bonds. The highest BCUT2D eigenvalue weighted by Crippen LogP contribution is 2.46. The summed E-state index contributed by atoms with van der Waals surface area (Å²) >= 11 is 6.18. The van der Waals surface area contributed by atoms with Gasteiger partial charge in [-0.05, 0) is 66.4 Å². The second-order valence-corrected chi connectivity index (χ2v) is 14.0. The van der Waals surface area contributed by atoms with Crippen LogP contribution in [0.3, 0.4) is 0 Å². The molecule has 1 heterocycles. The van der Waals surface area contributed by atoms with Gasteiger partial charge in [0.2, 0.25) is 17.2 Å². The molecule has 2 N–H and O–H groups in total. The van der Waals surface area contributed by atoms with Crippen molar-refractivity contribution < 1.29 is 44.0 Å². The van der Waals surface area contributed by atoms with E-state index in [4.69, 9.17) is 11.6 Å². The summed E-state index contributed by atoms with van der Waals surface area (Å²) in [5.74, 6) is -1.36. The Morgan fingerprint density at radius 2 is 1.46 bits per heavy atom. The highest BCUT2D eigenvalue weighted by Gasteiger charge is 2.23. The summed E-state index contributed by atoms with van der Waals surface area (Å²) in [5, 5.41) is 20.0. The van der Waals surface area contributed by atoms with Gasteiger partial charge in [-0.15, -0.1) is 10.2 Å². The van der Waals surface area contributed by atoms with Crippen LogP contribution < -0.4 is 10.2 Å². The fraction of sp³-hybridized carbons (Fsp3) is 0.0741. The predicted octanol–water partition coefficient (Wildman–Crippen LogP) is 4.41. The van der Waals surface area contributed by atoms with Crippen LogP contribution in [0.5, 0.6) is 5.75 Å². The minimum absolute atomic E-state index is 0.0357. The van der Waals surface area contributed by atoms with Crippen molar-refractivity contribution in [3.8, 4) is 5.75 Å². The molecule has 0 unspecified atom stereocenters. The Hall–Kier alpha value is -4.83. The number of azo groups is 1. The van der Waals surface area contributed by atoms with E-state index in [1.807, 2.05) is 0 Å². The lowest BCUT2D eigenvalue weighted by Gasteiger charge is -2.22. The molecule has 0 fully saturated rings. The molecule has 48 heavy (non-hydrogen) atoms. The van der Waals surface area contributed by atoms with Crippen LogP contribution in [0.4, 0.5) is 34.6 Å². The van der Waals surface area contributed by atoms with Gasteiger partial charge in [0.1, 0.15) is 41.7 Å². The number of hydrogen-bond acceptors (Lipinski definition) is 17. The number of para-hydroxylation sites is 1. The average Bonchev–Trinajstić information content (AvgIpc) is 2.99. The lowest BCUT2D eigenvalue weighted by atomic mass is 10.1. The first-order valence-electron chi connectivity index (χ1n) is 13.2. The molecule has 5 aromatic rings. The predicted molar refractivity (Wildman–Crippen MR) is 167 cm³/mol. The van der Waals surface area contributed by atoms with Crippen molar-refractivity contribution in [2.24, 2.45) is 10.2 Å². The van der Waals surface area contributed by atoms with Crippen LogP contribution in [0.25, 0.3) is 10.8 Å². The Balaban J connectivity index is 1.75. The second kappa shape index (κ2) is 13.0.